The van der Waals surface area contributed by atoms with Crippen LogP contribution in [0.5, 0.6) is 11.5 Å². The summed E-state index contributed by atoms with van der Waals surface area (Å²) in [4.78, 5) is 35.3. The van der Waals surface area contributed by atoms with Crippen molar-refractivity contribution in [2.75, 3.05) is 5.84 Å². The first-order chi connectivity index (χ1) is 13.6. The lowest BCUT2D eigenvalue weighted by Gasteiger charge is -2.15. The molecule has 2 heterocycles. The molecule has 0 atom stereocenters. The van der Waals surface area contributed by atoms with E-state index < -0.39 is 22.6 Å². The van der Waals surface area contributed by atoms with E-state index in [0.29, 0.717) is 4.68 Å². The molecule has 0 fully saturated rings. The Morgan fingerprint density at radius 3 is 2.34 bits per heavy atom. The fraction of sp³-hybridized carbons (Fsp3) is 0.176. The number of nitrogens with two attached hydrogens (primary N) is 1. The minimum Gasteiger partial charge on any atom is -0.453 e. The Hall–Kier alpha value is -3.11. The third-order valence-corrected chi connectivity index (χ3v) is 4.45. The van der Waals surface area contributed by atoms with Gasteiger partial charge in [0.2, 0.25) is 0 Å². The van der Waals surface area contributed by atoms with E-state index >= 15 is 0 Å². The second kappa shape index (κ2) is 7.72. The topological polar surface area (TPSA) is 114 Å². The Morgan fingerprint density at radius 2 is 1.76 bits per heavy atom. The highest BCUT2D eigenvalue weighted by atomic mass is 35.5. The maximum Gasteiger partial charge on any atom is 0.370 e. The molecule has 3 rings (SSSR count). The monoisotopic (exact) mass is 441 g/mol. The maximum absolute atomic E-state index is 13.9. The lowest BCUT2D eigenvalue weighted by molar-refractivity contribution is 0.449. The molecule has 0 amide bonds. The van der Waals surface area contributed by atoms with Crippen molar-refractivity contribution in [1.82, 2.24) is 19.0 Å². The first-order valence-corrected chi connectivity index (χ1v) is 8.91. The van der Waals surface area contributed by atoms with Gasteiger partial charge in [0.1, 0.15) is 11.9 Å². The van der Waals surface area contributed by atoms with E-state index in [2.05, 4.69) is 5.10 Å². The largest absolute Gasteiger partial charge is 0.453 e. The Morgan fingerprint density at radius 1 is 1.14 bits per heavy atom. The minimum absolute atomic E-state index is 0.00171. The van der Waals surface area contributed by atoms with Crippen molar-refractivity contribution < 1.29 is 9.13 Å². The van der Waals surface area contributed by atoms with Gasteiger partial charge in [0.05, 0.1) is 21.9 Å². The van der Waals surface area contributed by atoms with Gasteiger partial charge < -0.3 is 15.1 Å². The Balaban J connectivity index is 2.06. The summed E-state index contributed by atoms with van der Waals surface area (Å²) in [6.07, 6.45) is 2.18. The summed E-state index contributed by atoms with van der Waals surface area (Å²) in [6, 6.07) is 3.21. The van der Waals surface area contributed by atoms with Gasteiger partial charge in [0, 0.05) is 12.1 Å². The van der Waals surface area contributed by atoms with Crippen LogP contribution in [-0.4, -0.2) is 19.0 Å². The number of ether oxygens (including phenoxy) is 1. The number of hydrogen-bond donors (Lipinski definition) is 1. The van der Waals surface area contributed by atoms with Crippen molar-refractivity contribution in [3.05, 3.63) is 77.6 Å². The normalized spacial score (nSPS) is 11.1. The van der Waals surface area contributed by atoms with Crippen LogP contribution in [-0.2, 0) is 0 Å². The van der Waals surface area contributed by atoms with Crippen LogP contribution < -0.4 is 27.4 Å². The Kier molecular flexibility index (Phi) is 5.49. The molecule has 12 heteroatoms. The van der Waals surface area contributed by atoms with Crippen LogP contribution in [0.1, 0.15) is 19.9 Å². The van der Waals surface area contributed by atoms with Crippen molar-refractivity contribution in [2.24, 2.45) is 0 Å². The van der Waals surface area contributed by atoms with Gasteiger partial charge in [-0.05, 0) is 26.0 Å². The van der Waals surface area contributed by atoms with Gasteiger partial charge in [-0.1, -0.05) is 23.2 Å². The number of aromatic nitrogens is 4. The van der Waals surface area contributed by atoms with E-state index in [0.717, 1.165) is 21.5 Å². The van der Waals surface area contributed by atoms with E-state index in [-0.39, 0.29) is 33.3 Å². The second-order valence-electron chi connectivity index (χ2n) is 6.22. The molecular formula is C17H14Cl2FN5O4. The van der Waals surface area contributed by atoms with Crippen LogP contribution >= 0.6 is 23.2 Å². The van der Waals surface area contributed by atoms with Gasteiger partial charge in [0.15, 0.2) is 11.6 Å². The first-order valence-electron chi connectivity index (χ1n) is 8.15. The van der Waals surface area contributed by atoms with Gasteiger partial charge in [-0.15, -0.1) is 0 Å². The van der Waals surface area contributed by atoms with Crippen molar-refractivity contribution in [3.8, 4) is 17.2 Å². The molecule has 0 aliphatic carbocycles. The number of halogens is 3. The summed E-state index contributed by atoms with van der Waals surface area (Å²) in [7, 11) is 0. The second-order valence-corrected chi connectivity index (χ2v) is 7.03. The van der Waals surface area contributed by atoms with Crippen LogP contribution in [0, 0.1) is 5.82 Å². The molecule has 0 radical (unpaired) electrons. The standard InChI is InChI=1S/C17H14Cl2FN5O4/c1-8(2)23-7-10(5-13(20)16(23)27)29-15-11(18)3-9(4-12(15)19)25-17(28)24(21)14(26)6-22-25/h3-8H,21H2,1-2H3. The van der Waals surface area contributed by atoms with Gasteiger partial charge in [-0.25, -0.2) is 9.18 Å². The van der Waals surface area contributed by atoms with Crippen LogP contribution in [0.15, 0.2) is 45.0 Å². The summed E-state index contributed by atoms with van der Waals surface area (Å²) < 4.78 is 21.9. The first kappa shape index (κ1) is 20.6. The zero-order chi connectivity index (χ0) is 21.5. The SMILES string of the molecule is CC(C)n1cc(Oc2c(Cl)cc(-n3ncc(=O)n(N)c3=O)cc2Cl)cc(F)c1=O. The van der Waals surface area contributed by atoms with Gasteiger partial charge >= 0.3 is 5.69 Å². The van der Waals surface area contributed by atoms with Crippen LogP contribution in [0.2, 0.25) is 10.0 Å². The molecule has 2 aromatic heterocycles. The van der Waals surface area contributed by atoms with Gasteiger partial charge in [-0.3, -0.25) is 9.59 Å². The minimum atomic E-state index is -0.999. The molecule has 0 spiro atoms. The number of hydrogen-bond acceptors (Lipinski definition) is 6. The molecule has 0 aliphatic heterocycles. The molecule has 0 bridgehead atoms. The summed E-state index contributed by atoms with van der Waals surface area (Å²) >= 11 is 12.4. The number of benzene rings is 1. The predicted octanol–water partition coefficient (Wildman–Crippen LogP) is 2.09. The molecule has 0 unspecified atom stereocenters. The summed E-state index contributed by atoms with van der Waals surface area (Å²) in [5.74, 6) is 4.34. The third-order valence-electron chi connectivity index (χ3n) is 3.89. The molecule has 3 aromatic rings. The lowest BCUT2D eigenvalue weighted by Crippen LogP contribution is -2.44. The molecule has 0 saturated heterocycles. The van der Waals surface area contributed by atoms with Crippen LogP contribution in [0.3, 0.4) is 0 Å². The molecular weight excluding hydrogens is 428 g/mol. The third kappa shape index (κ3) is 3.89. The number of nitrogen functional groups attached to an aromatic ring is 1. The molecule has 152 valence electrons. The van der Waals surface area contributed by atoms with E-state index in [4.69, 9.17) is 33.8 Å². The maximum atomic E-state index is 13.9. The fourth-order valence-corrected chi connectivity index (χ4v) is 3.01. The number of nitrogens with zero attached hydrogens (tertiary/aromatic N) is 4. The lowest BCUT2D eigenvalue weighted by atomic mass is 10.3. The molecule has 2 N–H and O–H groups in total. The van der Waals surface area contributed by atoms with Crippen molar-refractivity contribution in [1.29, 1.82) is 0 Å². The van der Waals surface area contributed by atoms with E-state index in [1.165, 1.54) is 18.3 Å². The van der Waals surface area contributed by atoms with Crippen molar-refractivity contribution in [3.63, 3.8) is 0 Å². The van der Waals surface area contributed by atoms with E-state index in [1.807, 2.05) is 0 Å². The fourth-order valence-electron chi connectivity index (χ4n) is 2.46. The average molecular weight is 442 g/mol. The van der Waals surface area contributed by atoms with Gasteiger partial charge in [0.25, 0.3) is 11.1 Å². The van der Waals surface area contributed by atoms with Gasteiger partial charge in [-0.2, -0.15) is 14.5 Å². The molecule has 0 saturated carbocycles. The highest BCUT2D eigenvalue weighted by Gasteiger charge is 2.16. The Labute approximate surface area is 172 Å². The van der Waals surface area contributed by atoms with Crippen molar-refractivity contribution >= 4 is 23.2 Å². The molecule has 0 aliphatic rings. The highest BCUT2D eigenvalue weighted by Crippen LogP contribution is 2.38. The number of pyridine rings is 1. The quantitative estimate of drug-likeness (QED) is 0.619. The average Bonchev–Trinajstić information content (AvgIpc) is 2.65. The van der Waals surface area contributed by atoms with E-state index in [9.17, 15) is 18.8 Å². The smallest absolute Gasteiger partial charge is 0.370 e. The van der Waals surface area contributed by atoms with Crippen LogP contribution in [0.4, 0.5) is 4.39 Å². The van der Waals surface area contributed by atoms with E-state index in [1.54, 1.807) is 13.8 Å². The van der Waals surface area contributed by atoms with Crippen molar-refractivity contribution in [2.45, 2.75) is 19.9 Å². The number of rotatable bonds is 4. The Bertz CT molecular complexity index is 1260. The summed E-state index contributed by atoms with van der Waals surface area (Å²) in [5.41, 5.74) is -2.37. The predicted molar refractivity (Wildman–Crippen MR) is 105 cm³/mol. The molecule has 1 aromatic carbocycles. The highest BCUT2D eigenvalue weighted by molar-refractivity contribution is 6.37. The summed E-state index contributed by atoms with van der Waals surface area (Å²) in [5, 5.41) is 3.64. The van der Waals surface area contributed by atoms with Crippen LogP contribution in [0.25, 0.3) is 5.69 Å². The molecule has 29 heavy (non-hydrogen) atoms. The summed E-state index contributed by atoms with van der Waals surface area (Å²) in [6.45, 7) is 3.42. The zero-order valence-electron chi connectivity index (χ0n) is 15.1. The molecule has 9 nitrogen and oxygen atoms in total. The zero-order valence-corrected chi connectivity index (χ0v) is 16.6.